The van der Waals surface area contributed by atoms with Crippen molar-refractivity contribution in [1.82, 2.24) is 4.90 Å². The van der Waals surface area contributed by atoms with E-state index in [2.05, 4.69) is 69.9 Å². The lowest BCUT2D eigenvalue weighted by Crippen LogP contribution is -2.62. The third kappa shape index (κ3) is 3.88. The summed E-state index contributed by atoms with van der Waals surface area (Å²) in [6.07, 6.45) is 3.46. The predicted octanol–water partition coefficient (Wildman–Crippen LogP) is 6.40. The van der Waals surface area contributed by atoms with Crippen LogP contribution < -0.4 is 5.73 Å². The molecule has 4 heteroatoms. The molecule has 3 N–H and O–H groups in total. The first-order valence-corrected chi connectivity index (χ1v) is 12.8. The summed E-state index contributed by atoms with van der Waals surface area (Å²) >= 11 is 0. The zero-order chi connectivity index (χ0) is 25.2. The van der Waals surface area contributed by atoms with Gasteiger partial charge in [-0.25, -0.2) is 4.79 Å². The Labute approximate surface area is 209 Å². The number of fused-ring (bicyclic) bond motifs is 2. The fraction of sp³-hybridized carbons (Fsp3) is 0.452. The quantitative estimate of drug-likeness (QED) is 0.453. The van der Waals surface area contributed by atoms with E-state index in [1.54, 1.807) is 12.1 Å². The van der Waals surface area contributed by atoms with Gasteiger partial charge in [-0.3, -0.25) is 4.90 Å². The van der Waals surface area contributed by atoms with Crippen LogP contribution in [0.2, 0.25) is 0 Å². The van der Waals surface area contributed by atoms with Gasteiger partial charge in [0.25, 0.3) is 0 Å². The van der Waals surface area contributed by atoms with Crippen molar-refractivity contribution in [2.24, 2.45) is 5.73 Å². The lowest BCUT2D eigenvalue weighted by molar-refractivity contribution is -0.0101. The smallest absolute Gasteiger partial charge is 0.335 e. The maximum atomic E-state index is 11.5. The van der Waals surface area contributed by atoms with Crippen LogP contribution in [0.15, 0.2) is 54.6 Å². The SMILES string of the molecule is CC1(C)CCC(C)(C)c2cc3cc(C(c4ccc(C(=O)O)cc4)C4(C)CCN4CN)ccc3cc21. The lowest BCUT2D eigenvalue weighted by Gasteiger charge is -2.55. The molecule has 1 heterocycles. The molecule has 0 spiro atoms. The van der Waals surface area contributed by atoms with Crippen LogP contribution in [0.25, 0.3) is 10.8 Å². The summed E-state index contributed by atoms with van der Waals surface area (Å²) in [5, 5.41) is 12.0. The van der Waals surface area contributed by atoms with Crippen LogP contribution in [0, 0.1) is 0 Å². The highest BCUT2D eigenvalue weighted by Crippen LogP contribution is 2.49. The molecule has 184 valence electrons. The molecule has 1 aliphatic carbocycles. The Kier molecular flexibility index (Phi) is 5.61. The van der Waals surface area contributed by atoms with Crippen LogP contribution in [-0.2, 0) is 10.8 Å². The van der Waals surface area contributed by atoms with Gasteiger partial charge in [-0.05, 0) is 82.2 Å². The molecule has 5 rings (SSSR count). The van der Waals surface area contributed by atoms with E-state index < -0.39 is 5.97 Å². The average Bonchev–Trinajstić information content (AvgIpc) is 2.81. The van der Waals surface area contributed by atoms with Gasteiger partial charge in [0, 0.05) is 24.7 Å². The Morgan fingerprint density at radius 2 is 1.43 bits per heavy atom. The van der Waals surface area contributed by atoms with Crippen LogP contribution >= 0.6 is 0 Å². The van der Waals surface area contributed by atoms with Gasteiger partial charge in [-0.2, -0.15) is 0 Å². The molecular weight excluding hydrogens is 432 g/mol. The van der Waals surface area contributed by atoms with E-state index in [-0.39, 0.29) is 22.3 Å². The second-order valence-corrected chi connectivity index (χ2v) is 12.2. The molecule has 1 aliphatic heterocycles. The Balaban J connectivity index is 1.66. The first-order valence-electron chi connectivity index (χ1n) is 12.8. The summed E-state index contributed by atoms with van der Waals surface area (Å²) in [6, 6.07) is 19.2. The van der Waals surface area contributed by atoms with Crippen LogP contribution in [-0.4, -0.2) is 34.7 Å². The van der Waals surface area contributed by atoms with Crippen molar-refractivity contribution in [1.29, 1.82) is 0 Å². The van der Waals surface area contributed by atoms with E-state index in [9.17, 15) is 9.90 Å². The highest BCUT2D eigenvalue weighted by atomic mass is 16.4. The molecule has 3 aromatic carbocycles. The fourth-order valence-corrected chi connectivity index (χ4v) is 6.49. The van der Waals surface area contributed by atoms with Crippen LogP contribution in [0.5, 0.6) is 0 Å². The zero-order valence-electron chi connectivity index (χ0n) is 21.7. The van der Waals surface area contributed by atoms with Gasteiger partial charge < -0.3 is 10.8 Å². The summed E-state index contributed by atoms with van der Waals surface area (Å²) in [5.74, 6) is -0.792. The number of hydrogen-bond donors (Lipinski definition) is 2. The minimum Gasteiger partial charge on any atom is -0.478 e. The van der Waals surface area contributed by atoms with Crippen molar-refractivity contribution >= 4 is 16.7 Å². The topological polar surface area (TPSA) is 66.6 Å². The maximum Gasteiger partial charge on any atom is 0.335 e. The number of benzene rings is 3. The molecule has 0 saturated carbocycles. The van der Waals surface area contributed by atoms with E-state index in [0.29, 0.717) is 12.2 Å². The van der Waals surface area contributed by atoms with E-state index in [1.807, 2.05) is 12.1 Å². The highest BCUT2D eigenvalue weighted by molar-refractivity contribution is 5.88. The molecular formula is C31H38N2O2. The average molecular weight is 471 g/mol. The van der Waals surface area contributed by atoms with E-state index in [1.165, 1.54) is 40.3 Å². The van der Waals surface area contributed by atoms with Crippen molar-refractivity contribution in [3.8, 4) is 0 Å². The maximum absolute atomic E-state index is 11.5. The molecule has 0 radical (unpaired) electrons. The minimum absolute atomic E-state index is 0.104. The molecule has 4 nitrogen and oxygen atoms in total. The van der Waals surface area contributed by atoms with Crippen molar-refractivity contribution < 1.29 is 9.90 Å². The van der Waals surface area contributed by atoms with Gasteiger partial charge in [0.05, 0.1) is 5.56 Å². The number of nitrogens with two attached hydrogens (primary N) is 1. The number of likely N-dealkylation sites (tertiary alicyclic amines) is 1. The van der Waals surface area contributed by atoms with Gasteiger partial charge in [0.15, 0.2) is 0 Å². The molecule has 1 fully saturated rings. The van der Waals surface area contributed by atoms with Crippen molar-refractivity contribution in [3.05, 3.63) is 82.4 Å². The Bertz CT molecular complexity index is 1290. The standard InChI is InChI=1S/C31H38N2O2/c1-29(2)12-13-30(3,4)26-18-24-16-23(11-10-22(24)17-25(26)29)27(31(5)14-15-33(31)19-32)20-6-8-21(9-7-20)28(34)35/h6-11,16-18,27H,12-15,19,32H2,1-5H3,(H,34,35). The number of carboxylic acids is 1. The Morgan fingerprint density at radius 3 is 1.94 bits per heavy atom. The van der Waals surface area contributed by atoms with Gasteiger partial charge in [0.1, 0.15) is 0 Å². The van der Waals surface area contributed by atoms with Crippen molar-refractivity contribution in [2.75, 3.05) is 13.2 Å². The van der Waals surface area contributed by atoms with Gasteiger partial charge in [-0.1, -0.05) is 70.2 Å². The van der Waals surface area contributed by atoms with E-state index in [4.69, 9.17) is 5.73 Å². The number of carbonyl (C=O) groups is 1. The molecule has 3 aromatic rings. The normalized spacial score (nSPS) is 23.9. The van der Waals surface area contributed by atoms with Crippen LogP contribution in [0.4, 0.5) is 0 Å². The second kappa shape index (κ2) is 8.18. The molecule has 2 atom stereocenters. The molecule has 1 saturated heterocycles. The third-order valence-corrected chi connectivity index (χ3v) is 9.11. The molecule has 0 aromatic heterocycles. The number of aromatic carboxylic acids is 1. The van der Waals surface area contributed by atoms with E-state index >= 15 is 0 Å². The summed E-state index contributed by atoms with van der Waals surface area (Å²) in [6.45, 7) is 13.3. The Hall–Kier alpha value is -2.69. The van der Waals surface area contributed by atoms with Crippen molar-refractivity contribution in [3.63, 3.8) is 0 Å². The molecule has 2 aliphatic rings. The van der Waals surface area contributed by atoms with Gasteiger partial charge in [-0.15, -0.1) is 0 Å². The molecule has 0 amide bonds. The number of rotatable bonds is 5. The van der Waals surface area contributed by atoms with Crippen LogP contribution in [0.3, 0.4) is 0 Å². The second-order valence-electron chi connectivity index (χ2n) is 12.2. The first kappa shape index (κ1) is 24.0. The number of hydrogen-bond acceptors (Lipinski definition) is 3. The van der Waals surface area contributed by atoms with Gasteiger partial charge in [0.2, 0.25) is 0 Å². The van der Waals surface area contributed by atoms with Crippen LogP contribution in [0.1, 0.15) is 92.4 Å². The highest BCUT2D eigenvalue weighted by Gasteiger charge is 2.47. The molecule has 35 heavy (non-hydrogen) atoms. The van der Waals surface area contributed by atoms with Gasteiger partial charge >= 0.3 is 5.97 Å². The lowest BCUT2D eigenvalue weighted by atomic mass is 9.62. The molecule has 2 unspecified atom stereocenters. The Morgan fingerprint density at radius 1 is 0.857 bits per heavy atom. The predicted molar refractivity (Wildman–Crippen MR) is 143 cm³/mol. The first-order chi connectivity index (χ1) is 16.5. The summed E-state index contributed by atoms with van der Waals surface area (Å²) in [4.78, 5) is 13.8. The zero-order valence-corrected chi connectivity index (χ0v) is 21.7. The summed E-state index contributed by atoms with van der Waals surface area (Å²) in [7, 11) is 0. The fourth-order valence-electron chi connectivity index (χ4n) is 6.49. The number of carboxylic acid groups (broad SMARTS) is 1. The van der Waals surface area contributed by atoms with Crippen molar-refractivity contribution in [2.45, 2.75) is 76.2 Å². The third-order valence-electron chi connectivity index (χ3n) is 9.11. The largest absolute Gasteiger partial charge is 0.478 e. The summed E-state index contributed by atoms with van der Waals surface area (Å²) in [5.41, 5.74) is 12.0. The minimum atomic E-state index is -0.896. The molecule has 0 bridgehead atoms. The monoisotopic (exact) mass is 470 g/mol. The summed E-state index contributed by atoms with van der Waals surface area (Å²) < 4.78 is 0. The van der Waals surface area contributed by atoms with E-state index in [0.717, 1.165) is 18.5 Å². The number of nitrogens with zero attached hydrogens (tertiary/aromatic N) is 1.